The lowest BCUT2D eigenvalue weighted by Gasteiger charge is -2.21. The van der Waals surface area contributed by atoms with Crippen LogP contribution in [0.3, 0.4) is 0 Å². The van der Waals surface area contributed by atoms with Crippen molar-refractivity contribution in [1.29, 1.82) is 0 Å². The molecule has 110 valence electrons. The number of amides is 1. The second kappa shape index (κ2) is 6.61. The van der Waals surface area contributed by atoms with Gasteiger partial charge in [-0.15, -0.1) is 0 Å². The van der Waals surface area contributed by atoms with Gasteiger partial charge >= 0.3 is 0 Å². The lowest BCUT2D eigenvalue weighted by atomic mass is 10.1. The molecule has 1 atom stereocenters. The fourth-order valence-electron chi connectivity index (χ4n) is 1.95. The van der Waals surface area contributed by atoms with Crippen LogP contribution >= 0.6 is 11.6 Å². The predicted octanol–water partition coefficient (Wildman–Crippen LogP) is 3.05. The van der Waals surface area contributed by atoms with Crippen LogP contribution in [0.5, 0.6) is 5.75 Å². The highest BCUT2D eigenvalue weighted by atomic mass is 35.5. The molecule has 4 nitrogen and oxygen atoms in total. The van der Waals surface area contributed by atoms with E-state index in [0.717, 1.165) is 0 Å². The van der Waals surface area contributed by atoms with Gasteiger partial charge in [-0.05, 0) is 23.8 Å². The SMILES string of the molecule is COc1ccc(N(C)C(=O)C(O)c2ccccc2)cc1Cl. The Bertz CT molecular complexity index is 631. The van der Waals surface area contributed by atoms with E-state index in [-0.39, 0.29) is 0 Å². The summed E-state index contributed by atoms with van der Waals surface area (Å²) in [6.45, 7) is 0. The number of hydrogen-bond acceptors (Lipinski definition) is 3. The summed E-state index contributed by atoms with van der Waals surface area (Å²) in [5.74, 6) is 0.104. The largest absolute Gasteiger partial charge is 0.495 e. The summed E-state index contributed by atoms with van der Waals surface area (Å²) in [6, 6.07) is 13.8. The van der Waals surface area contributed by atoms with Gasteiger partial charge in [-0.1, -0.05) is 41.9 Å². The predicted molar refractivity (Wildman–Crippen MR) is 82.8 cm³/mol. The van der Waals surface area contributed by atoms with Crippen LogP contribution < -0.4 is 9.64 Å². The van der Waals surface area contributed by atoms with Gasteiger partial charge in [0.25, 0.3) is 5.91 Å². The van der Waals surface area contributed by atoms with Crippen LogP contribution in [-0.2, 0) is 4.79 Å². The van der Waals surface area contributed by atoms with Gasteiger partial charge in [-0.2, -0.15) is 0 Å². The first kappa shape index (κ1) is 15.4. The van der Waals surface area contributed by atoms with Crippen molar-refractivity contribution in [3.05, 3.63) is 59.1 Å². The summed E-state index contributed by atoms with van der Waals surface area (Å²) in [4.78, 5) is 13.7. The average molecular weight is 306 g/mol. The summed E-state index contributed by atoms with van der Waals surface area (Å²) in [6.07, 6.45) is -1.21. The number of carbonyl (C=O) groups is 1. The number of aliphatic hydroxyl groups excluding tert-OH is 1. The van der Waals surface area contributed by atoms with Crippen molar-refractivity contribution in [2.24, 2.45) is 0 Å². The molecule has 0 fully saturated rings. The number of anilines is 1. The molecular formula is C16H16ClNO3. The fourth-order valence-corrected chi connectivity index (χ4v) is 2.20. The van der Waals surface area contributed by atoms with E-state index in [2.05, 4.69) is 0 Å². The molecule has 0 aliphatic carbocycles. The highest BCUT2D eigenvalue weighted by Crippen LogP contribution is 2.29. The summed E-state index contributed by atoms with van der Waals surface area (Å²) >= 11 is 6.05. The highest BCUT2D eigenvalue weighted by Gasteiger charge is 2.22. The minimum atomic E-state index is -1.21. The number of likely N-dealkylation sites (N-methyl/N-ethyl adjacent to an activating group) is 1. The maximum atomic E-state index is 12.3. The smallest absolute Gasteiger partial charge is 0.260 e. The van der Waals surface area contributed by atoms with Crippen LogP contribution in [0.2, 0.25) is 5.02 Å². The van der Waals surface area contributed by atoms with Crippen LogP contribution in [0.25, 0.3) is 0 Å². The van der Waals surface area contributed by atoms with Crippen molar-refractivity contribution >= 4 is 23.2 Å². The van der Waals surface area contributed by atoms with E-state index in [1.54, 1.807) is 49.5 Å². The van der Waals surface area contributed by atoms with E-state index in [0.29, 0.717) is 22.0 Å². The molecule has 1 amide bonds. The number of carbonyl (C=O) groups excluding carboxylic acids is 1. The number of rotatable bonds is 4. The molecule has 0 saturated heterocycles. The Morgan fingerprint density at radius 2 is 1.90 bits per heavy atom. The molecule has 0 radical (unpaired) electrons. The van der Waals surface area contributed by atoms with Crippen molar-refractivity contribution in [3.63, 3.8) is 0 Å². The van der Waals surface area contributed by atoms with Gasteiger partial charge in [-0.3, -0.25) is 4.79 Å². The second-order valence-electron chi connectivity index (χ2n) is 4.53. The van der Waals surface area contributed by atoms with Crippen molar-refractivity contribution in [1.82, 2.24) is 0 Å². The third-order valence-electron chi connectivity index (χ3n) is 3.20. The molecule has 0 bridgehead atoms. The number of benzene rings is 2. The Kier molecular flexibility index (Phi) is 4.83. The minimum Gasteiger partial charge on any atom is -0.495 e. The van der Waals surface area contributed by atoms with Gasteiger partial charge < -0.3 is 14.7 Å². The molecule has 0 aliphatic heterocycles. The number of nitrogens with zero attached hydrogens (tertiary/aromatic N) is 1. The Morgan fingerprint density at radius 3 is 2.48 bits per heavy atom. The van der Waals surface area contributed by atoms with Gasteiger partial charge in [0.2, 0.25) is 0 Å². The number of methoxy groups -OCH3 is 1. The van der Waals surface area contributed by atoms with E-state index in [9.17, 15) is 9.90 Å². The van der Waals surface area contributed by atoms with Crippen molar-refractivity contribution in [2.45, 2.75) is 6.10 Å². The second-order valence-corrected chi connectivity index (χ2v) is 4.94. The lowest BCUT2D eigenvalue weighted by Crippen LogP contribution is -2.31. The topological polar surface area (TPSA) is 49.8 Å². The molecule has 0 spiro atoms. The first-order valence-corrected chi connectivity index (χ1v) is 6.76. The van der Waals surface area contributed by atoms with Crippen LogP contribution in [0.15, 0.2) is 48.5 Å². The van der Waals surface area contributed by atoms with E-state index < -0.39 is 12.0 Å². The Balaban J connectivity index is 2.21. The molecule has 0 heterocycles. The quantitative estimate of drug-likeness (QED) is 0.944. The van der Waals surface area contributed by atoms with Crippen molar-refractivity contribution in [2.75, 3.05) is 19.1 Å². The third kappa shape index (κ3) is 3.35. The van der Waals surface area contributed by atoms with Gasteiger partial charge in [0, 0.05) is 12.7 Å². The van der Waals surface area contributed by atoms with E-state index in [4.69, 9.17) is 16.3 Å². The standard InChI is InChI=1S/C16H16ClNO3/c1-18(12-8-9-14(21-2)13(17)10-12)16(20)15(19)11-6-4-3-5-7-11/h3-10,15,19H,1-2H3. The molecule has 21 heavy (non-hydrogen) atoms. The molecule has 0 saturated carbocycles. The van der Waals surface area contributed by atoms with E-state index >= 15 is 0 Å². The van der Waals surface area contributed by atoms with Crippen LogP contribution in [0.1, 0.15) is 11.7 Å². The van der Waals surface area contributed by atoms with E-state index in [1.807, 2.05) is 6.07 Å². The Morgan fingerprint density at radius 1 is 1.24 bits per heavy atom. The lowest BCUT2D eigenvalue weighted by molar-refractivity contribution is -0.126. The highest BCUT2D eigenvalue weighted by molar-refractivity contribution is 6.32. The number of ether oxygens (including phenoxy) is 1. The Labute approximate surface area is 128 Å². The van der Waals surface area contributed by atoms with Crippen molar-refractivity contribution < 1.29 is 14.6 Å². The van der Waals surface area contributed by atoms with E-state index in [1.165, 1.54) is 12.0 Å². The molecule has 5 heteroatoms. The van der Waals surface area contributed by atoms with Gasteiger partial charge in [-0.25, -0.2) is 0 Å². The van der Waals surface area contributed by atoms with Crippen LogP contribution in [0, 0.1) is 0 Å². The molecule has 1 unspecified atom stereocenters. The zero-order chi connectivity index (χ0) is 15.4. The van der Waals surface area contributed by atoms with Gasteiger partial charge in [0.1, 0.15) is 5.75 Å². The molecule has 0 aliphatic rings. The third-order valence-corrected chi connectivity index (χ3v) is 3.50. The summed E-state index contributed by atoms with van der Waals surface area (Å²) < 4.78 is 5.07. The molecule has 1 N–H and O–H groups in total. The molecule has 2 aromatic rings. The summed E-state index contributed by atoms with van der Waals surface area (Å²) in [7, 11) is 3.11. The molecule has 2 aromatic carbocycles. The fraction of sp³-hybridized carbons (Fsp3) is 0.188. The number of hydrogen-bond donors (Lipinski definition) is 1. The van der Waals surface area contributed by atoms with Crippen molar-refractivity contribution in [3.8, 4) is 5.75 Å². The van der Waals surface area contributed by atoms with Crippen LogP contribution in [-0.4, -0.2) is 25.2 Å². The normalized spacial score (nSPS) is 11.8. The summed E-state index contributed by atoms with van der Waals surface area (Å²) in [5.41, 5.74) is 1.13. The molecule has 0 aromatic heterocycles. The summed E-state index contributed by atoms with van der Waals surface area (Å²) in [5, 5.41) is 10.5. The molecule has 2 rings (SSSR count). The first-order valence-electron chi connectivity index (χ1n) is 6.38. The Hall–Kier alpha value is -2.04. The monoisotopic (exact) mass is 305 g/mol. The van der Waals surface area contributed by atoms with Gasteiger partial charge in [0.15, 0.2) is 6.10 Å². The first-order chi connectivity index (χ1) is 10.0. The zero-order valence-corrected chi connectivity index (χ0v) is 12.5. The minimum absolute atomic E-state index is 0.406. The maximum Gasteiger partial charge on any atom is 0.260 e. The zero-order valence-electron chi connectivity index (χ0n) is 11.8. The van der Waals surface area contributed by atoms with Gasteiger partial charge in [0.05, 0.1) is 12.1 Å². The van der Waals surface area contributed by atoms with Crippen LogP contribution in [0.4, 0.5) is 5.69 Å². The number of halogens is 1. The maximum absolute atomic E-state index is 12.3. The molecular weight excluding hydrogens is 290 g/mol. The number of aliphatic hydroxyl groups is 1. The average Bonchev–Trinajstić information content (AvgIpc) is 2.53.